The van der Waals surface area contributed by atoms with E-state index in [1.54, 1.807) is 19.1 Å². The van der Waals surface area contributed by atoms with Gasteiger partial charge in [-0.05, 0) is 24.6 Å². The summed E-state index contributed by atoms with van der Waals surface area (Å²) in [7, 11) is 0. The number of phenolic OH excluding ortho intramolecular Hbond substituents is 1. The monoisotopic (exact) mass is 268 g/mol. The van der Waals surface area contributed by atoms with E-state index in [1.807, 2.05) is 12.1 Å². The first-order chi connectivity index (χ1) is 9.58. The Hall–Kier alpha value is -2.86. The van der Waals surface area contributed by atoms with Gasteiger partial charge in [-0.2, -0.15) is 15.6 Å². The maximum absolute atomic E-state index is 11.9. The standard InChI is InChI=1S/C14H12N4O2/c1-8-12(14(20)18-17-8)13(10(6-15)7-16)9-3-2-4-11(19)5-9/h2-5,10,12-13,19H,1H3,(H,18,20)/t12-,13+/m0/s1. The molecule has 1 aromatic rings. The SMILES string of the molecule is CC1=NNC(=O)[C@@H]1[C@H](c1cccc(O)c1)C(C#N)C#N. The fourth-order valence-electron chi connectivity index (χ4n) is 2.39. The van der Waals surface area contributed by atoms with Gasteiger partial charge in [-0.3, -0.25) is 4.79 Å². The van der Waals surface area contributed by atoms with Crippen molar-refractivity contribution in [3.05, 3.63) is 29.8 Å². The van der Waals surface area contributed by atoms with E-state index in [9.17, 15) is 9.90 Å². The van der Waals surface area contributed by atoms with Gasteiger partial charge >= 0.3 is 0 Å². The number of nitrogens with zero attached hydrogens (tertiary/aromatic N) is 3. The number of hydrazone groups is 1. The Bertz CT molecular complexity index is 640. The molecule has 0 fully saturated rings. The van der Waals surface area contributed by atoms with Crippen LogP contribution in [-0.2, 0) is 4.79 Å². The molecule has 2 atom stereocenters. The summed E-state index contributed by atoms with van der Waals surface area (Å²) in [6.45, 7) is 1.67. The summed E-state index contributed by atoms with van der Waals surface area (Å²) < 4.78 is 0. The van der Waals surface area contributed by atoms with Crippen molar-refractivity contribution < 1.29 is 9.90 Å². The number of aromatic hydroxyl groups is 1. The van der Waals surface area contributed by atoms with Crippen LogP contribution in [0.1, 0.15) is 18.4 Å². The van der Waals surface area contributed by atoms with E-state index in [4.69, 9.17) is 10.5 Å². The number of benzene rings is 1. The molecule has 6 nitrogen and oxygen atoms in total. The quantitative estimate of drug-likeness (QED) is 0.859. The van der Waals surface area contributed by atoms with Crippen LogP contribution >= 0.6 is 0 Å². The molecule has 20 heavy (non-hydrogen) atoms. The second-order valence-corrected chi connectivity index (χ2v) is 4.56. The summed E-state index contributed by atoms with van der Waals surface area (Å²) in [6, 6.07) is 10.1. The molecule has 0 unspecified atom stereocenters. The number of carbonyl (C=O) groups excluding carboxylic acids is 1. The van der Waals surface area contributed by atoms with Crippen molar-refractivity contribution in [1.82, 2.24) is 5.43 Å². The third-order valence-electron chi connectivity index (χ3n) is 3.33. The minimum atomic E-state index is -1.00. The lowest BCUT2D eigenvalue weighted by Gasteiger charge is -2.23. The first kappa shape index (κ1) is 13.6. The third kappa shape index (κ3) is 2.32. The molecule has 2 rings (SSSR count). The molecule has 0 aliphatic carbocycles. The molecule has 2 N–H and O–H groups in total. The molecular weight excluding hydrogens is 256 g/mol. The highest BCUT2D eigenvalue weighted by Gasteiger charge is 2.40. The van der Waals surface area contributed by atoms with Crippen LogP contribution in [0.25, 0.3) is 0 Å². The van der Waals surface area contributed by atoms with Gasteiger partial charge in [0.1, 0.15) is 11.7 Å². The second kappa shape index (κ2) is 5.41. The van der Waals surface area contributed by atoms with E-state index >= 15 is 0 Å². The Morgan fingerprint density at radius 3 is 2.60 bits per heavy atom. The molecule has 1 heterocycles. The van der Waals surface area contributed by atoms with Gasteiger partial charge in [0.15, 0.2) is 0 Å². The molecule has 0 spiro atoms. The molecule has 1 aliphatic heterocycles. The highest BCUT2D eigenvalue weighted by atomic mass is 16.3. The van der Waals surface area contributed by atoms with E-state index in [-0.39, 0.29) is 11.7 Å². The molecule has 1 aromatic carbocycles. The molecule has 1 aliphatic rings. The van der Waals surface area contributed by atoms with Gasteiger partial charge in [-0.15, -0.1) is 0 Å². The fourth-order valence-corrected chi connectivity index (χ4v) is 2.39. The summed E-state index contributed by atoms with van der Waals surface area (Å²) in [5.41, 5.74) is 3.45. The first-order valence-electron chi connectivity index (χ1n) is 6.00. The van der Waals surface area contributed by atoms with Crippen molar-refractivity contribution in [3.63, 3.8) is 0 Å². The molecule has 1 amide bonds. The molecule has 0 saturated heterocycles. The molecule has 6 heteroatoms. The minimum Gasteiger partial charge on any atom is -0.508 e. The summed E-state index contributed by atoms with van der Waals surface area (Å²) in [6.07, 6.45) is 0. The zero-order chi connectivity index (χ0) is 14.7. The van der Waals surface area contributed by atoms with Crippen LogP contribution in [0.5, 0.6) is 5.75 Å². The number of phenols is 1. The normalized spacial score (nSPS) is 18.9. The number of rotatable bonds is 3. The summed E-state index contributed by atoms with van der Waals surface area (Å²) in [5, 5.41) is 31.7. The zero-order valence-corrected chi connectivity index (χ0v) is 10.7. The average molecular weight is 268 g/mol. The van der Waals surface area contributed by atoms with E-state index in [0.717, 1.165) is 0 Å². The predicted octanol–water partition coefficient (Wildman–Crippen LogP) is 1.26. The Kier molecular flexibility index (Phi) is 3.67. The lowest BCUT2D eigenvalue weighted by Crippen LogP contribution is -2.32. The van der Waals surface area contributed by atoms with Crippen molar-refractivity contribution >= 4 is 11.6 Å². The van der Waals surface area contributed by atoms with Gasteiger partial charge in [-0.1, -0.05) is 12.1 Å². The zero-order valence-electron chi connectivity index (χ0n) is 10.7. The number of carbonyl (C=O) groups is 1. The maximum Gasteiger partial charge on any atom is 0.249 e. The Balaban J connectivity index is 2.52. The Labute approximate surface area is 116 Å². The van der Waals surface area contributed by atoms with Gasteiger partial charge in [0.05, 0.1) is 18.1 Å². The molecule has 0 bridgehead atoms. The number of nitrogens with one attached hydrogen (secondary N) is 1. The van der Waals surface area contributed by atoms with E-state index in [1.165, 1.54) is 12.1 Å². The Morgan fingerprint density at radius 1 is 1.40 bits per heavy atom. The van der Waals surface area contributed by atoms with Gasteiger partial charge in [0.25, 0.3) is 0 Å². The van der Waals surface area contributed by atoms with E-state index in [2.05, 4.69) is 10.5 Å². The predicted molar refractivity (Wildman–Crippen MR) is 70.3 cm³/mol. The van der Waals surface area contributed by atoms with Crippen LogP contribution in [0.15, 0.2) is 29.4 Å². The smallest absolute Gasteiger partial charge is 0.249 e. The van der Waals surface area contributed by atoms with Gasteiger partial charge in [0, 0.05) is 11.6 Å². The molecular formula is C14H12N4O2. The first-order valence-corrected chi connectivity index (χ1v) is 6.00. The van der Waals surface area contributed by atoms with Crippen molar-refractivity contribution in [2.75, 3.05) is 0 Å². The highest BCUT2D eigenvalue weighted by molar-refractivity contribution is 6.07. The van der Waals surface area contributed by atoms with E-state index < -0.39 is 17.8 Å². The summed E-state index contributed by atoms with van der Waals surface area (Å²) in [4.78, 5) is 11.9. The second-order valence-electron chi connectivity index (χ2n) is 4.56. The van der Waals surface area contributed by atoms with Gasteiger partial charge in [0.2, 0.25) is 5.91 Å². The van der Waals surface area contributed by atoms with Crippen LogP contribution in [0.3, 0.4) is 0 Å². The minimum absolute atomic E-state index is 0.0233. The van der Waals surface area contributed by atoms with Crippen molar-refractivity contribution in [3.8, 4) is 17.9 Å². The average Bonchev–Trinajstić information content (AvgIpc) is 2.76. The topological polar surface area (TPSA) is 109 Å². The van der Waals surface area contributed by atoms with Gasteiger partial charge in [-0.25, -0.2) is 5.43 Å². The largest absolute Gasteiger partial charge is 0.508 e. The number of hydrogen-bond acceptors (Lipinski definition) is 5. The van der Waals surface area contributed by atoms with Crippen molar-refractivity contribution in [2.45, 2.75) is 12.8 Å². The number of nitriles is 2. The van der Waals surface area contributed by atoms with Crippen molar-refractivity contribution in [2.24, 2.45) is 16.9 Å². The lowest BCUT2D eigenvalue weighted by atomic mass is 9.76. The molecule has 0 saturated carbocycles. The third-order valence-corrected chi connectivity index (χ3v) is 3.33. The molecule has 0 aromatic heterocycles. The molecule has 0 radical (unpaired) electrons. The van der Waals surface area contributed by atoms with Crippen LogP contribution in [0.2, 0.25) is 0 Å². The van der Waals surface area contributed by atoms with Crippen LogP contribution in [0, 0.1) is 34.5 Å². The lowest BCUT2D eigenvalue weighted by molar-refractivity contribution is -0.122. The maximum atomic E-state index is 11.9. The summed E-state index contributed by atoms with van der Waals surface area (Å²) >= 11 is 0. The fraction of sp³-hybridized carbons (Fsp3) is 0.286. The summed E-state index contributed by atoms with van der Waals surface area (Å²) in [5.74, 6) is -2.67. The number of amides is 1. The van der Waals surface area contributed by atoms with E-state index in [0.29, 0.717) is 11.3 Å². The van der Waals surface area contributed by atoms with Crippen LogP contribution in [-0.4, -0.2) is 16.7 Å². The Morgan fingerprint density at radius 2 is 2.10 bits per heavy atom. The van der Waals surface area contributed by atoms with Crippen LogP contribution in [0.4, 0.5) is 0 Å². The number of hydrogen-bond donors (Lipinski definition) is 2. The highest BCUT2D eigenvalue weighted by Crippen LogP contribution is 2.36. The van der Waals surface area contributed by atoms with Crippen LogP contribution < -0.4 is 5.43 Å². The van der Waals surface area contributed by atoms with Crippen molar-refractivity contribution in [1.29, 1.82) is 10.5 Å². The molecule has 100 valence electrons. The van der Waals surface area contributed by atoms with Gasteiger partial charge < -0.3 is 5.11 Å².